The molecule has 2 rings (SSSR count). The average molecular weight is 435 g/mol. The number of sulfonamides is 1. The van der Waals surface area contributed by atoms with Gasteiger partial charge in [-0.1, -0.05) is 25.1 Å². The van der Waals surface area contributed by atoms with Gasteiger partial charge in [-0.25, -0.2) is 8.42 Å². The predicted molar refractivity (Wildman–Crippen MR) is 119 cm³/mol. The Morgan fingerprint density at radius 3 is 2.30 bits per heavy atom. The van der Waals surface area contributed by atoms with Crippen LogP contribution in [0.4, 0.5) is 5.69 Å². The molecule has 2 aromatic rings. The molecule has 0 aliphatic heterocycles. The molecule has 8 heteroatoms. The summed E-state index contributed by atoms with van der Waals surface area (Å²) in [6, 6.07) is 13.0. The number of hydrogen-bond acceptors (Lipinski definition) is 5. The molecule has 0 spiro atoms. The van der Waals surface area contributed by atoms with Crippen LogP contribution in [0.25, 0.3) is 0 Å². The van der Waals surface area contributed by atoms with Gasteiger partial charge in [-0.3, -0.25) is 9.10 Å². The summed E-state index contributed by atoms with van der Waals surface area (Å²) in [6.07, 6.45) is 1.41. The number of rotatable bonds is 10. The second-order valence-electron chi connectivity index (χ2n) is 7.17. The number of hydrogen-bond donors (Lipinski definition) is 1. The van der Waals surface area contributed by atoms with E-state index >= 15 is 0 Å². The van der Waals surface area contributed by atoms with Crippen molar-refractivity contribution in [3.8, 4) is 11.5 Å². The average Bonchev–Trinajstić information content (AvgIpc) is 2.70. The van der Waals surface area contributed by atoms with Crippen molar-refractivity contribution in [2.24, 2.45) is 0 Å². The zero-order valence-electron chi connectivity index (χ0n) is 18.1. The van der Waals surface area contributed by atoms with Gasteiger partial charge in [0.05, 0.1) is 25.1 Å². The first kappa shape index (κ1) is 23.5. The maximum Gasteiger partial charge on any atom is 0.244 e. The molecule has 7 nitrogen and oxygen atoms in total. The number of nitrogens with one attached hydrogen (secondary N) is 1. The van der Waals surface area contributed by atoms with Gasteiger partial charge in [0.25, 0.3) is 0 Å². The Kier molecular flexibility index (Phi) is 8.11. The molecule has 164 valence electrons. The second kappa shape index (κ2) is 10.3. The SMILES string of the molecule is CC[C@H](C(=O)N[C@H](C)COc1ccccc1C)N(c1ccc(OC)cc1)S(C)(=O)=O. The molecule has 1 N–H and O–H groups in total. The Morgan fingerprint density at radius 2 is 1.77 bits per heavy atom. The molecule has 2 aromatic carbocycles. The monoisotopic (exact) mass is 434 g/mol. The Morgan fingerprint density at radius 1 is 1.13 bits per heavy atom. The molecule has 0 unspecified atom stereocenters. The number of carbonyl (C=O) groups excluding carboxylic acids is 1. The van der Waals surface area contributed by atoms with Crippen molar-refractivity contribution in [1.82, 2.24) is 5.32 Å². The molecule has 2 atom stereocenters. The zero-order valence-corrected chi connectivity index (χ0v) is 18.9. The van der Waals surface area contributed by atoms with Gasteiger partial charge in [0.2, 0.25) is 15.9 Å². The first-order valence-corrected chi connectivity index (χ1v) is 11.6. The molecule has 0 fully saturated rings. The highest BCUT2D eigenvalue weighted by Crippen LogP contribution is 2.25. The quantitative estimate of drug-likeness (QED) is 0.621. The molecule has 0 aromatic heterocycles. The fraction of sp³-hybridized carbons (Fsp3) is 0.409. The van der Waals surface area contributed by atoms with Gasteiger partial charge in [0.15, 0.2) is 0 Å². The summed E-state index contributed by atoms with van der Waals surface area (Å²) in [5.41, 5.74) is 1.41. The highest BCUT2D eigenvalue weighted by molar-refractivity contribution is 7.92. The molecule has 30 heavy (non-hydrogen) atoms. The number of methoxy groups -OCH3 is 1. The van der Waals surface area contributed by atoms with Crippen LogP contribution in [0.5, 0.6) is 11.5 Å². The highest BCUT2D eigenvalue weighted by Gasteiger charge is 2.32. The summed E-state index contributed by atoms with van der Waals surface area (Å²) in [4.78, 5) is 13.0. The van der Waals surface area contributed by atoms with Crippen LogP contribution in [0.2, 0.25) is 0 Å². The normalized spacial score (nSPS) is 13.2. The van der Waals surface area contributed by atoms with E-state index in [4.69, 9.17) is 9.47 Å². The van der Waals surface area contributed by atoms with E-state index in [0.717, 1.165) is 21.9 Å². The number of aryl methyl sites for hydroxylation is 1. The standard InChI is InChI=1S/C22H30N2O5S/c1-6-20(24(30(5,26)27)18-11-13-19(28-4)14-12-18)22(25)23-17(3)15-29-21-10-8-7-9-16(21)2/h7-14,17,20H,6,15H2,1-5H3,(H,23,25)/t17-,20-/m1/s1. The number of nitrogens with zero attached hydrogens (tertiary/aromatic N) is 1. The van der Waals surface area contributed by atoms with E-state index in [2.05, 4.69) is 5.32 Å². The van der Waals surface area contributed by atoms with Gasteiger partial charge in [0, 0.05) is 0 Å². The lowest BCUT2D eigenvalue weighted by Crippen LogP contribution is -2.52. The van der Waals surface area contributed by atoms with E-state index in [-0.39, 0.29) is 18.6 Å². The number of amides is 1. The number of para-hydroxylation sites is 1. The molecule has 0 aliphatic carbocycles. The number of carbonyl (C=O) groups is 1. The number of ether oxygens (including phenoxy) is 2. The van der Waals surface area contributed by atoms with E-state index in [0.29, 0.717) is 17.9 Å². The minimum atomic E-state index is -3.69. The van der Waals surface area contributed by atoms with Crippen molar-refractivity contribution in [3.05, 3.63) is 54.1 Å². The van der Waals surface area contributed by atoms with Crippen LogP contribution in [0.3, 0.4) is 0 Å². The van der Waals surface area contributed by atoms with E-state index in [9.17, 15) is 13.2 Å². The Labute approximate surface area is 179 Å². The second-order valence-corrected chi connectivity index (χ2v) is 9.03. The van der Waals surface area contributed by atoms with Crippen molar-refractivity contribution in [2.45, 2.75) is 39.3 Å². The summed E-state index contributed by atoms with van der Waals surface area (Å²) in [5, 5.41) is 2.87. The van der Waals surface area contributed by atoms with Crippen molar-refractivity contribution in [3.63, 3.8) is 0 Å². The van der Waals surface area contributed by atoms with E-state index in [1.165, 1.54) is 7.11 Å². The van der Waals surface area contributed by atoms with Crippen molar-refractivity contribution < 1.29 is 22.7 Å². The fourth-order valence-electron chi connectivity index (χ4n) is 3.10. The third-order valence-electron chi connectivity index (χ3n) is 4.63. The van der Waals surface area contributed by atoms with Gasteiger partial charge >= 0.3 is 0 Å². The molecule has 0 radical (unpaired) electrons. The third-order valence-corrected chi connectivity index (χ3v) is 5.81. The Hall–Kier alpha value is -2.74. The van der Waals surface area contributed by atoms with Crippen LogP contribution in [0, 0.1) is 6.92 Å². The lowest BCUT2D eigenvalue weighted by molar-refractivity contribution is -0.123. The maximum absolute atomic E-state index is 13.0. The van der Waals surface area contributed by atoms with Gasteiger partial charge in [-0.05, 0) is 56.2 Å². The van der Waals surface area contributed by atoms with Gasteiger partial charge in [-0.2, -0.15) is 0 Å². The summed E-state index contributed by atoms with van der Waals surface area (Å²) < 4.78 is 37.1. The predicted octanol–water partition coefficient (Wildman–Crippen LogP) is 3.13. The van der Waals surface area contributed by atoms with Crippen LogP contribution in [0.1, 0.15) is 25.8 Å². The van der Waals surface area contributed by atoms with E-state index < -0.39 is 16.1 Å². The molecular weight excluding hydrogens is 404 g/mol. The van der Waals surface area contributed by atoms with Crippen LogP contribution in [-0.4, -0.2) is 46.4 Å². The summed E-state index contributed by atoms with van der Waals surface area (Å²) >= 11 is 0. The summed E-state index contributed by atoms with van der Waals surface area (Å²) in [7, 11) is -2.16. The fourth-order valence-corrected chi connectivity index (χ4v) is 4.32. The summed E-state index contributed by atoms with van der Waals surface area (Å²) in [5.74, 6) is 0.980. The van der Waals surface area contributed by atoms with Crippen molar-refractivity contribution in [2.75, 3.05) is 24.3 Å². The molecule has 1 amide bonds. The smallest absolute Gasteiger partial charge is 0.244 e. The van der Waals surface area contributed by atoms with Crippen LogP contribution in [0.15, 0.2) is 48.5 Å². The zero-order chi connectivity index (χ0) is 22.3. The maximum atomic E-state index is 13.0. The first-order chi connectivity index (χ1) is 14.2. The molecule has 0 heterocycles. The van der Waals surface area contributed by atoms with Gasteiger partial charge in [-0.15, -0.1) is 0 Å². The molecule has 0 saturated carbocycles. The number of anilines is 1. The van der Waals surface area contributed by atoms with Crippen molar-refractivity contribution >= 4 is 21.6 Å². The molecule has 0 bridgehead atoms. The van der Waals surface area contributed by atoms with E-state index in [1.807, 2.05) is 38.1 Å². The lowest BCUT2D eigenvalue weighted by Gasteiger charge is -2.31. The van der Waals surface area contributed by atoms with Crippen LogP contribution >= 0.6 is 0 Å². The summed E-state index contributed by atoms with van der Waals surface area (Å²) in [6.45, 7) is 5.82. The lowest BCUT2D eigenvalue weighted by atomic mass is 10.1. The molecule has 0 saturated heterocycles. The first-order valence-electron chi connectivity index (χ1n) is 9.79. The minimum Gasteiger partial charge on any atom is -0.497 e. The Bertz CT molecular complexity index is 944. The number of benzene rings is 2. The van der Waals surface area contributed by atoms with Gasteiger partial charge in [0.1, 0.15) is 24.1 Å². The molecule has 0 aliphatic rings. The topological polar surface area (TPSA) is 84.9 Å². The van der Waals surface area contributed by atoms with Gasteiger partial charge < -0.3 is 14.8 Å². The van der Waals surface area contributed by atoms with E-state index in [1.54, 1.807) is 31.2 Å². The largest absolute Gasteiger partial charge is 0.497 e. The molecular formula is C22H30N2O5S. The third kappa shape index (κ3) is 6.13. The van der Waals surface area contributed by atoms with Crippen molar-refractivity contribution in [1.29, 1.82) is 0 Å². The van der Waals surface area contributed by atoms with Crippen LogP contribution < -0.4 is 19.1 Å². The minimum absolute atomic E-state index is 0.272. The highest BCUT2D eigenvalue weighted by atomic mass is 32.2. The van der Waals surface area contributed by atoms with Crippen LogP contribution in [-0.2, 0) is 14.8 Å². The Balaban J connectivity index is 2.13.